The van der Waals surface area contributed by atoms with Crippen molar-refractivity contribution in [1.82, 2.24) is 9.88 Å². The number of pyridine rings is 1. The van der Waals surface area contributed by atoms with E-state index >= 15 is 0 Å². The number of aromatic nitrogens is 1. The van der Waals surface area contributed by atoms with E-state index in [1.807, 2.05) is 30.3 Å². The Bertz CT molecular complexity index is 1330. The molecule has 0 fully saturated rings. The molecule has 160 valence electrons. The van der Waals surface area contributed by atoms with E-state index in [-0.39, 0.29) is 23.2 Å². The maximum atomic E-state index is 13.3. The van der Waals surface area contributed by atoms with Gasteiger partial charge in [-0.2, -0.15) is 0 Å². The number of esters is 1. The molecule has 0 aliphatic heterocycles. The zero-order valence-corrected chi connectivity index (χ0v) is 17.3. The quantitative estimate of drug-likeness (QED) is 0.485. The fourth-order valence-corrected chi connectivity index (χ4v) is 3.50. The van der Waals surface area contributed by atoms with Crippen molar-refractivity contribution in [2.24, 2.45) is 0 Å². The summed E-state index contributed by atoms with van der Waals surface area (Å²) in [6.07, 6.45) is -0.745. The van der Waals surface area contributed by atoms with Crippen LogP contribution >= 0.6 is 0 Å². The van der Waals surface area contributed by atoms with Crippen LogP contribution < -0.4 is 15.5 Å². The lowest BCUT2D eigenvalue weighted by atomic mass is 10.1. The van der Waals surface area contributed by atoms with Gasteiger partial charge in [-0.25, -0.2) is 9.59 Å². The molecule has 4 aromatic rings. The molecule has 0 atom stereocenters. The van der Waals surface area contributed by atoms with Crippen molar-refractivity contribution >= 4 is 23.0 Å². The van der Waals surface area contributed by atoms with Crippen LogP contribution in [0, 0.1) is 0 Å². The van der Waals surface area contributed by atoms with Gasteiger partial charge in [-0.3, -0.25) is 4.79 Å². The van der Waals surface area contributed by atoms with Crippen LogP contribution in [-0.4, -0.2) is 23.7 Å². The standard InChI is InChI=1S/C25H20N2O5/c1-31-24(29)22-20(16-26-25(30)32-18-12-6-3-7-13-18)23(28)19-14-8-9-15-21(19)27(22)17-10-4-2-5-11-17/h2-15H,16H2,1H3,(H,26,30). The number of fused-ring (bicyclic) bond motifs is 1. The third-order valence-electron chi connectivity index (χ3n) is 4.93. The number of methoxy groups -OCH3 is 1. The lowest BCUT2D eigenvalue weighted by Crippen LogP contribution is -2.32. The molecule has 0 saturated carbocycles. The van der Waals surface area contributed by atoms with Gasteiger partial charge in [0.05, 0.1) is 24.7 Å². The molecule has 0 radical (unpaired) electrons. The molecule has 3 aromatic carbocycles. The number of benzene rings is 3. The van der Waals surface area contributed by atoms with E-state index in [0.29, 0.717) is 22.3 Å². The van der Waals surface area contributed by atoms with Gasteiger partial charge in [-0.05, 0) is 36.4 Å². The Morgan fingerprint density at radius 3 is 2.19 bits per heavy atom. The van der Waals surface area contributed by atoms with E-state index in [9.17, 15) is 14.4 Å². The molecule has 0 saturated heterocycles. The van der Waals surface area contributed by atoms with Gasteiger partial charge in [-0.15, -0.1) is 0 Å². The van der Waals surface area contributed by atoms with Crippen LogP contribution in [0.1, 0.15) is 16.1 Å². The molecule has 1 heterocycles. The van der Waals surface area contributed by atoms with Crippen molar-refractivity contribution in [2.75, 3.05) is 7.11 Å². The molecule has 7 nitrogen and oxygen atoms in total. The highest BCUT2D eigenvalue weighted by molar-refractivity contribution is 5.95. The zero-order chi connectivity index (χ0) is 22.5. The first-order chi connectivity index (χ1) is 15.6. The summed E-state index contributed by atoms with van der Waals surface area (Å²) < 4.78 is 11.9. The minimum Gasteiger partial charge on any atom is -0.464 e. The van der Waals surface area contributed by atoms with Crippen molar-refractivity contribution in [3.63, 3.8) is 0 Å². The maximum absolute atomic E-state index is 13.3. The van der Waals surface area contributed by atoms with E-state index in [1.54, 1.807) is 59.2 Å². The number of rotatable bonds is 5. The Kier molecular flexibility index (Phi) is 5.98. The largest absolute Gasteiger partial charge is 0.464 e. The fraction of sp³-hybridized carbons (Fsp3) is 0.0800. The highest BCUT2D eigenvalue weighted by atomic mass is 16.6. The average molecular weight is 428 g/mol. The number of hydrogen-bond donors (Lipinski definition) is 1. The SMILES string of the molecule is COC(=O)c1c(CNC(=O)Oc2ccccc2)c(=O)c2ccccc2n1-c1ccccc1. The average Bonchev–Trinajstić information content (AvgIpc) is 2.84. The normalized spacial score (nSPS) is 10.5. The number of nitrogens with zero attached hydrogens (tertiary/aromatic N) is 1. The molecule has 4 rings (SSSR count). The van der Waals surface area contributed by atoms with Crippen molar-refractivity contribution in [1.29, 1.82) is 0 Å². The Labute approximate surface area is 183 Å². The molecule has 0 bridgehead atoms. The van der Waals surface area contributed by atoms with Crippen molar-refractivity contribution in [3.8, 4) is 11.4 Å². The summed E-state index contributed by atoms with van der Waals surface area (Å²) in [7, 11) is 1.25. The second-order valence-corrected chi connectivity index (χ2v) is 6.89. The van der Waals surface area contributed by atoms with Gasteiger partial charge in [-0.1, -0.05) is 48.5 Å². The second-order valence-electron chi connectivity index (χ2n) is 6.89. The fourth-order valence-electron chi connectivity index (χ4n) is 3.50. The lowest BCUT2D eigenvalue weighted by Gasteiger charge is -2.19. The third kappa shape index (κ3) is 4.09. The number of nitrogens with one attached hydrogen (secondary N) is 1. The van der Waals surface area contributed by atoms with Gasteiger partial charge in [0.1, 0.15) is 11.4 Å². The molecule has 0 aliphatic carbocycles. The summed E-state index contributed by atoms with van der Waals surface area (Å²) in [6, 6.07) is 24.7. The Hall–Kier alpha value is -4.39. The van der Waals surface area contributed by atoms with Crippen LogP contribution in [0.5, 0.6) is 5.75 Å². The molecule has 32 heavy (non-hydrogen) atoms. The summed E-state index contributed by atoms with van der Waals surface area (Å²) in [5.74, 6) is -0.330. The number of carbonyl (C=O) groups excluding carboxylic acids is 2. The molecular weight excluding hydrogens is 408 g/mol. The maximum Gasteiger partial charge on any atom is 0.412 e. The minimum absolute atomic E-state index is 0.0439. The monoisotopic (exact) mass is 428 g/mol. The van der Waals surface area contributed by atoms with Crippen LogP contribution in [0.25, 0.3) is 16.6 Å². The first-order valence-electron chi connectivity index (χ1n) is 9.91. The third-order valence-corrected chi connectivity index (χ3v) is 4.93. The number of amides is 1. The van der Waals surface area contributed by atoms with E-state index in [4.69, 9.17) is 9.47 Å². The topological polar surface area (TPSA) is 86.6 Å². The van der Waals surface area contributed by atoms with Crippen LogP contribution in [0.2, 0.25) is 0 Å². The van der Waals surface area contributed by atoms with Gasteiger partial charge in [0, 0.05) is 11.1 Å². The van der Waals surface area contributed by atoms with Gasteiger partial charge in [0.25, 0.3) is 0 Å². The number of para-hydroxylation sites is 3. The van der Waals surface area contributed by atoms with Gasteiger partial charge >= 0.3 is 12.1 Å². The molecule has 1 aromatic heterocycles. The van der Waals surface area contributed by atoms with E-state index < -0.39 is 12.1 Å². The van der Waals surface area contributed by atoms with Gasteiger partial charge in [0.2, 0.25) is 0 Å². The Balaban J connectivity index is 1.82. The summed E-state index contributed by atoms with van der Waals surface area (Å²) in [5.41, 5.74) is 1.01. The van der Waals surface area contributed by atoms with Crippen LogP contribution in [0.4, 0.5) is 4.79 Å². The predicted molar refractivity (Wildman–Crippen MR) is 120 cm³/mol. The second kappa shape index (κ2) is 9.18. The van der Waals surface area contributed by atoms with E-state index in [0.717, 1.165) is 0 Å². The molecule has 0 aliphatic rings. The minimum atomic E-state index is -0.745. The molecule has 1 N–H and O–H groups in total. The molecule has 1 amide bonds. The van der Waals surface area contributed by atoms with E-state index in [2.05, 4.69) is 5.32 Å². The lowest BCUT2D eigenvalue weighted by molar-refractivity contribution is 0.0589. The number of ether oxygens (including phenoxy) is 2. The summed E-state index contributed by atoms with van der Waals surface area (Å²) in [5, 5.41) is 2.98. The van der Waals surface area contributed by atoms with Gasteiger partial charge < -0.3 is 19.4 Å². The predicted octanol–water partition coefficient (Wildman–Crippen LogP) is 4.07. The van der Waals surface area contributed by atoms with Crippen LogP contribution in [0.15, 0.2) is 89.7 Å². The van der Waals surface area contributed by atoms with Gasteiger partial charge in [0.15, 0.2) is 5.43 Å². The summed E-state index contributed by atoms with van der Waals surface area (Å²) >= 11 is 0. The molecular formula is C25H20N2O5. The molecule has 7 heteroatoms. The molecule has 0 spiro atoms. The van der Waals surface area contributed by atoms with Crippen molar-refractivity contribution in [2.45, 2.75) is 6.54 Å². The highest BCUT2D eigenvalue weighted by Crippen LogP contribution is 2.23. The van der Waals surface area contributed by atoms with Crippen molar-refractivity contribution < 1.29 is 19.1 Å². The Morgan fingerprint density at radius 1 is 0.875 bits per heavy atom. The number of carbonyl (C=O) groups is 2. The first kappa shape index (κ1) is 20.9. The number of hydrogen-bond acceptors (Lipinski definition) is 5. The first-order valence-corrected chi connectivity index (χ1v) is 9.91. The summed E-state index contributed by atoms with van der Waals surface area (Å²) in [4.78, 5) is 38.5. The summed E-state index contributed by atoms with van der Waals surface area (Å²) in [6.45, 7) is -0.216. The van der Waals surface area contributed by atoms with Crippen molar-refractivity contribution in [3.05, 3.63) is 106 Å². The zero-order valence-electron chi connectivity index (χ0n) is 17.3. The van der Waals surface area contributed by atoms with Crippen LogP contribution in [-0.2, 0) is 11.3 Å². The van der Waals surface area contributed by atoms with E-state index in [1.165, 1.54) is 7.11 Å². The molecule has 0 unspecified atom stereocenters. The highest BCUT2D eigenvalue weighted by Gasteiger charge is 2.24. The van der Waals surface area contributed by atoms with Crippen LogP contribution in [0.3, 0.4) is 0 Å². The smallest absolute Gasteiger partial charge is 0.412 e. The Morgan fingerprint density at radius 2 is 1.50 bits per heavy atom.